The number of carbonyl (C=O) groups excluding carboxylic acids is 1. The van der Waals surface area contributed by atoms with Crippen LogP contribution < -0.4 is 16.0 Å². The maximum Gasteiger partial charge on any atom is 0.222 e. The van der Waals surface area contributed by atoms with Crippen LogP contribution in [0.4, 0.5) is 5.82 Å². The first-order valence-corrected chi connectivity index (χ1v) is 7.84. The zero-order valence-electron chi connectivity index (χ0n) is 13.0. The van der Waals surface area contributed by atoms with Gasteiger partial charge in [-0.3, -0.25) is 4.79 Å². The number of rotatable bonds is 6. The molecular formula is C16H26N4O. The van der Waals surface area contributed by atoms with Crippen molar-refractivity contribution in [3.8, 4) is 0 Å². The molecule has 3 N–H and O–H groups in total. The highest BCUT2D eigenvalue weighted by Gasteiger charge is 2.30. The highest BCUT2D eigenvalue weighted by molar-refractivity contribution is 5.77. The molecule has 116 valence electrons. The fourth-order valence-electron chi connectivity index (χ4n) is 2.86. The van der Waals surface area contributed by atoms with E-state index in [1.807, 2.05) is 12.3 Å². The lowest BCUT2D eigenvalue weighted by Crippen LogP contribution is -2.46. The fourth-order valence-corrected chi connectivity index (χ4v) is 2.86. The van der Waals surface area contributed by atoms with Crippen LogP contribution in [0.1, 0.15) is 38.7 Å². The van der Waals surface area contributed by atoms with Gasteiger partial charge in [-0.1, -0.05) is 13.0 Å². The van der Waals surface area contributed by atoms with Crippen molar-refractivity contribution in [2.75, 3.05) is 18.0 Å². The molecule has 1 aromatic rings. The SMILES string of the molecule is CCCNCc1cccnc1N1CC(C(N)=O)CCC1C. The highest BCUT2D eigenvalue weighted by Crippen LogP contribution is 2.28. The predicted molar refractivity (Wildman–Crippen MR) is 85.0 cm³/mol. The van der Waals surface area contributed by atoms with E-state index in [0.29, 0.717) is 12.6 Å². The molecule has 2 atom stereocenters. The van der Waals surface area contributed by atoms with Crippen molar-refractivity contribution in [2.45, 2.75) is 45.7 Å². The van der Waals surface area contributed by atoms with Gasteiger partial charge in [0.05, 0.1) is 5.92 Å². The zero-order chi connectivity index (χ0) is 15.2. The Labute approximate surface area is 126 Å². The molecule has 2 rings (SSSR count). The van der Waals surface area contributed by atoms with Gasteiger partial charge in [0.1, 0.15) is 5.82 Å². The van der Waals surface area contributed by atoms with E-state index >= 15 is 0 Å². The van der Waals surface area contributed by atoms with Gasteiger partial charge in [0.25, 0.3) is 0 Å². The molecule has 0 bridgehead atoms. The molecule has 1 amide bonds. The van der Waals surface area contributed by atoms with Gasteiger partial charge >= 0.3 is 0 Å². The fraction of sp³-hybridized carbons (Fsp3) is 0.625. The molecule has 1 fully saturated rings. The molecule has 1 aliphatic rings. The summed E-state index contributed by atoms with van der Waals surface area (Å²) in [7, 11) is 0. The largest absolute Gasteiger partial charge is 0.369 e. The van der Waals surface area contributed by atoms with Gasteiger partial charge in [-0.2, -0.15) is 0 Å². The molecule has 0 spiro atoms. The van der Waals surface area contributed by atoms with Crippen LogP contribution in [0.2, 0.25) is 0 Å². The number of nitrogens with two attached hydrogens (primary N) is 1. The molecule has 1 saturated heterocycles. The summed E-state index contributed by atoms with van der Waals surface area (Å²) in [5.41, 5.74) is 6.67. The second kappa shape index (κ2) is 7.41. The topological polar surface area (TPSA) is 71.2 Å². The number of carbonyl (C=O) groups is 1. The summed E-state index contributed by atoms with van der Waals surface area (Å²) in [5, 5.41) is 3.42. The summed E-state index contributed by atoms with van der Waals surface area (Å²) in [4.78, 5) is 18.3. The van der Waals surface area contributed by atoms with Gasteiger partial charge in [0.15, 0.2) is 0 Å². The van der Waals surface area contributed by atoms with E-state index in [9.17, 15) is 4.79 Å². The molecule has 0 aromatic carbocycles. The summed E-state index contributed by atoms with van der Waals surface area (Å²) in [6.45, 7) is 6.82. The molecular weight excluding hydrogens is 264 g/mol. The number of hydrogen-bond donors (Lipinski definition) is 2. The number of nitrogens with zero attached hydrogens (tertiary/aromatic N) is 2. The van der Waals surface area contributed by atoms with E-state index in [1.165, 1.54) is 5.56 Å². The Balaban J connectivity index is 2.16. The first-order chi connectivity index (χ1) is 10.1. The van der Waals surface area contributed by atoms with E-state index in [2.05, 4.69) is 35.1 Å². The van der Waals surface area contributed by atoms with Crippen molar-refractivity contribution in [1.29, 1.82) is 0 Å². The van der Waals surface area contributed by atoms with Crippen LogP contribution in [0.5, 0.6) is 0 Å². The Hall–Kier alpha value is -1.62. The number of anilines is 1. The van der Waals surface area contributed by atoms with E-state index in [-0.39, 0.29) is 11.8 Å². The van der Waals surface area contributed by atoms with Crippen LogP contribution >= 0.6 is 0 Å². The Bertz CT molecular complexity index is 477. The third-order valence-electron chi connectivity index (χ3n) is 4.17. The van der Waals surface area contributed by atoms with Gasteiger partial charge in [0, 0.05) is 30.9 Å². The monoisotopic (exact) mass is 290 g/mol. The Morgan fingerprint density at radius 2 is 2.33 bits per heavy atom. The Morgan fingerprint density at radius 3 is 3.05 bits per heavy atom. The van der Waals surface area contributed by atoms with Crippen molar-refractivity contribution in [3.05, 3.63) is 23.9 Å². The third-order valence-corrected chi connectivity index (χ3v) is 4.17. The average Bonchev–Trinajstić information content (AvgIpc) is 2.48. The molecule has 2 unspecified atom stereocenters. The number of amides is 1. The molecule has 1 aromatic heterocycles. The summed E-state index contributed by atoms with van der Waals surface area (Å²) < 4.78 is 0. The minimum absolute atomic E-state index is 0.0698. The predicted octanol–water partition coefficient (Wildman–Crippen LogP) is 1.67. The van der Waals surface area contributed by atoms with E-state index in [0.717, 1.165) is 38.2 Å². The number of aromatic nitrogens is 1. The summed E-state index contributed by atoms with van der Waals surface area (Å²) in [6, 6.07) is 4.46. The van der Waals surface area contributed by atoms with Crippen LogP contribution in [0.25, 0.3) is 0 Å². The maximum absolute atomic E-state index is 11.5. The second-order valence-electron chi connectivity index (χ2n) is 5.84. The Morgan fingerprint density at radius 1 is 1.52 bits per heavy atom. The summed E-state index contributed by atoms with van der Waals surface area (Å²) in [5.74, 6) is 0.715. The lowest BCUT2D eigenvalue weighted by atomic mass is 9.92. The molecule has 5 heteroatoms. The van der Waals surface area contributed by atoms with Crippen molar-refractivity contribution >= 4 is 11.7 Å². The van der Waals surface area contributed by atoms with Crippen molar-refractivity contribution in [3.63, 3.8) is 0 Å². The van der Waals surface area contributed by atoms with Crippen LogP contribution in [-0.4, -0.2) is 30.0 Å². The van der Waals surface area contributed by atoms with Gasteiger partial charge in [-0.15, -0.1) is 0 Å². The minimum atomic E-state index is -0.200. The minimum Gasteiger partial charge on any atom is -0.369 e. The molecule has 0 radical (unpaired) electrons. The second-order valence-corrected chi connectivity index (χ2v) is 5.84. The number of nitrogens with one attached hydrogen (secondary N) is 1. The average molecular weight is 290 g/mol. The summed E-state index contributed by atoms with van der Waals surface area (Å²) >= 11 is 0. The lowest BCUT2D eigenvalue weighted by Gasteiger charge is -2.38. The van der Waals surface area contributed by atoms with E-state index < -0.39 is 0 Å². The Kier molecular flexibility index (Phi) is 5.56. The quantitative estimate of drug-likeness (QED) is 0.782. The first kappa shape index (κ1) is 15.8. The molecule has 21 heavy (non-hydrogen) atoms. The molecule has 1 aliphatic heterocycles. The van der Waals surface area contributed by atoms with Gasteiger partial charge in [-0.05, 0) is 38.8 Å². The van der Waals surface area contributed by atoms with Crippen molar-refractivity contribution in [2.24, 2.45) is 11.7 Å². The van der Waals surface area contributed by atoms with Crippen molar-refractivity contribution < 1.29 is 4.79 Å². The number of hydrogen-bond acceptors (Lipinski definition) is 4. The van der Waals surface area contributed by atoms with Crippen LogP contribution in [0, 0.1) is 5.92 Å². The summed E-state index contributed by atoms with van der Waals surface area (Å²) in [6.07, 6.45) is 4.79. The smallest absolute Gasteiger partial charge is 0.222 e. The lowest BCUT2D eigenvalue weighted by molar-refractivity contribution is -0.122. The van der Waals surface area contributed by atoms with Gasteiger partial charge in [-0.25, -0.2) is 4.98 Å². The van der Waals surface area contributed by atoms with E-state index in [4.69, 9.17) is 5.73 Å². The van der Waals surface area contributed by atoms with Crippen LogP contribution in [0.15, 0.2) is 18.3 Å². The van der Waals surface area contributed by atoms with Gasteiger partial charge < -0.3 is 16.0 Å². The molecule has 5 nitrogen and oxygen atoms in total. The zero-order valence-corrected chi connectivity index (χ0v) is 13.0. The molecule has 0 aliphatic carbocycles. The standard InChI is InChI=1S/C16H26N4O/c1-3-8-18-10-13-5-4-9-19-16(13)20-11-14(15(17)21)7-6-12(20)2/h4-5,9,12,14,18H,3,6-8,10-11H2,1-2H3,(H2,17,21). The highest BCUT2D eigenvalue weighted by atomic mass is 16.1. The van der Waals surface area contributed by atoms with Gasteiger partial charge in [0.2, 0.25) is 5.91 Å². The van der Waals surface area contributed by atoms with E-state index in [1.54, 1.807) is 0 Å². The van der Waals surface area contributed by atoms with Crippen LogP contribution in [-0.2, 0) is 11.3 Å². The number of primary amides is 1. The molecule has 2 heterocycles. The van der Waals surface area contributed by atoms with Crippen molar-refractivity contribution in [1.82, 2.24) is 10.3 Å². The maximum atomic E-state index is 11.5. The number of piperidine rings is 1. The normalized spacial score (nSPS) is 22.3. The number of pyridine rings is 1. The third kappa shape index (κ3) is 3.94. The molecule has 0 saturated carbocycles. The van der Waals surface area contributed by atoms with Crippen LogP contribution in [0.3, 0.4) is 0 Å². The first-order valence-electron chi connectivity index (χ1n) is 7.84.